The Balaban J connectivity index is 1.71. The maximum absolute atomic E-state index is 13.0. The summed E-state index contributed by atoms with van der Waals surface area (Å²) in [5, 5.41) is 12.2. The molecule has 1 aliphatic carbocycles. The van der Waals surface area contributed by atoms with E-state index >= 15 is 0 Å². The molecular weight excluding hydrogens is 423 g/mol. The second-order valence-corrected chi connectivity index (χ2v) is 7.69. The van der Waals surface area contributed by atoms with E-state index in [1.807, 2.05) is 0 Å². The summed E-state index contributed by atoms with van der Waals surface area (Å²) in [5.74, 6) is 0. The zero-order chi connectivity index (χ0) is 21.0. The summed E-state index contributed by atoms with van der Waals surface area (Å²) in [6, 6.07) is 5.18. The summed E-state index contributed by atoms with van der Waals surface area (Å²) in [5.41, 5.74) is 3.23. The maximum Gasteiger partial charge on any atom is 0.416 e. The average molecular weight is 444 g/mol. The third-order valence-corrected chi connectivity index (χ3v) is 5.34. The van der Waals surface area contributed by atoms with Gasteiger partial charge in [-0.2, -0.15) is 23.4 Å². The van der Waals surface area contributed by atoms with E-state index in [0.29, 0.717) is 22.4 Å². The molecule has 0 amide bonds. The Hall–Kier alpha value is -2.13. The van der Waals surface area contributed by atoms with Crippen LogP contribution in [0, 0.1) is 6.92 Å². The lowest BCUT2D eigenvalue weighted by atomic mass is 9.96. The summed E-state index contributed by atoms with van der Waals surface area (Å²) in [6.07, 6.45) is 2.81. The van der Waals surface area contributed by atoms with Gasteiger partial charge < -0.3 is 5.32 Å². The Morgan fingerprint density at radius 1 is 1.31 bits per heavy atom. The fraction of sp³-hybridized carbons (Fsp3) is 0.421. The van der Waals surface area contributed by atoms with E-state index in [9.17, 15) is 13.2 Å². The molecule has 1 fully saturated rings. The quantitative estimate of drug-likeness (QED) is 0.397. The monoisotopic (exact) mass is 443 g/mol. The predicted molar refractivity (Wildman–Crippen MR) is 112 cm³/mol. The van der Waals surface area contributed by atoms with Gasteiger partial charge in [0.1, 0.15) is 5.15 Å². The van der Waals surface area contributed by atoms with Gasteiger partial charge in [-0.1, -0.05) is 36.9 Å². The second-order valence-electron chi connectivity index (χ2n) is 6.93. The van der Waals surface area contributed by atoms with E-state index in [4.69, 9.17) is 23.8 Å². The topological polar surface area (TPSA) is 54.2 Å². The van der Waals surface area contributed by atoms with Crippen LogP contribution < -0.4 is 10.7 Å². The molecule has 0 spiro atoms. The van der Waals surface area contributed by atoms with Crippen LogP contribution in [0.15, 0.2) is 29.4 Å². The number of benzene rings is 1. The number of hydrazone groups is 1. The zero-order valence-corrected chi connectivity index (χ0v) is 17.3. The van der Waals surface area contributed by atoms with Gasteiger partial charge in [0.05, 0.1) is 28.7 Å². The normalized spacial score (nSPS) is 15.6. The van der Waals surface area contributed by atoms with Crippen molar-refractivity contribution >= 4 is 35.1 Å². The summed E-state index contributed by atoms with van der Waals surface area (Å²) in [4.78, 5) is 0. The van der Waals surface area contributed by atoms with E-state index in [1.165, 1.54) is 42.3 Å². The van der Waals surface area contributed by atoms with Crippen molar-refractivity contribution in [2.24, 2.45) is 5.10 Å². The predicted octanol–water partition coefficient (Wildman–Crippen LogP) is 4.98. The first-order chi connectivity index (χ1) is 13.8. The SMILES string of the molecule is Cc1nn(-c2cccc(C(F)(F)F)c2)c(Cl)c1C=NNC(=S)NC1CCCCC1. The molecule has 0 atom stereocenters. The van der Waals surface area contributed by atoms with E-state index in [2.05, 4.69) is 20.9 Å². The largest absolute Gasteiger partial charge is 0.416 e. The Kier molecular flexibility index (Phi) is 6.79. The van der Waals surface area contributed by atoms with Crippen molar-refractivity contribution in [2.45, 2.75) is 51.2 Å². The van der Waals surface area contributed by atoms with Crippen LogP contribution in [0.4, 0.5) is 13.2 Å². The Bertz CT molecular complexity index is 904. The number of rotatable bonds is 4. The van der Waals surface area contributed by atoms with Gasteiger partial charge in [-0.15, -0.1) is 0 Å². The zero-order valence-electron chi connectivity index (χ0n) is 15.8. The van der Waals surface area contributed by atoms with Crippen LogP contribution in [-0.2, 0) is 6.18 Å². The van der Waals surface area contributed by atoms with Crippen LogP contribution in [0.5, 0.6) is 0 Å². The molecule has 1 heterocycles. The highest BCUT2D eigenvalue weighted by molar-refractivity contribution is 7.80. The molecule has 1 aromatic carbocycles. The molecule has 3 rings (SSSR count). The van der Waals surface area contributed by atoms with Gasteiger partial charge >= 0.3 is 6.18 Å². The smallest absolute Gasteiger partial charge is 0.359 e. The van der Waals surface area contributed by atoms with Crippen LogP contribution in [0.25, 0.3) is 5.69 Å². The van der Waals surface area contributed by atoms with Gasteiger partial charge in [0.15, 0.2) is 5.11 Å². The van der Waals surface area contributed by atoms with Crippen LogP contribution in [0.3, 0.4) is 0 Å². The third-order valence-electron chi connectivity index (χ3n) is 4.77. The first-order valence-electron chi connectivity index (χ1n) is 9.28. The van der Waals surface area contributed by atoms with Gasteiger partial charge in [-0.05, 0) is 50.2 Å². The van der Waals surface area contributed by atoms with Gasteiger partial charge in [-0.25, -0.2) is 4.68 Å². The van der Waals surface area contributed by atoms with Crippen molar-refractivity contribution in [1.29, 1.82) is 0 Å². The van der Waals surface area contributed by atoms with Gasteiger partial charge in [-0.3, -0.25) is 5.43 Å². The van der Waals surface area contributed by atoms with Gasteiger partial charge in [0, 0.05) is 6.04 Å². The lowest BCUT2D eigenvalue weighted by Gasteiger charge is -2.23. The van der Waals surface area contributed by atoms with Crippen LogP contribution in [0.2, 0.25) is 5.15 Å². The molecule has 10 heteroatoms. The van der Waals surface area contributed by atoms with E-state index in [1.54, 1.807) is 6.92 Å². The number of aromatic nitrogens is 2. The second kappa shape index (κ2) is 9.13. The number of nitrogens with zero attached hydrogens (tertiary/aromatic N) is 3. The lowest BCUT2D eigenvalue weighted by Crippen LogP contribution is -2.40. The number of nitrogens with one attached hydrogen (secondary N) is 2. The molecule has 1 saturated carbocycles. The van der Waals surface area contributed by atoms with Crippen molar-refractivity contribution in [3.8, 4) is 5.69 Å². The highest BCUT2D eigenvalue weighted by Crippen LogP contribution is 2.31. The van der Waals surface area contributed by atoms with Crippen LogP contribution in [-0.4, -0.2) is 27.1 Å². The molecule has 1 aliphatic rings. The molecule has 0 aliphatic heterocycles. The lowest BCUT2D eigenvalue weighted by molar-refractivity contribution is -0.137. The number of hydrogen-bond donors (Lipinski definition) is 2. The van der Waals surface area contributed by atoms with E-state index < -0.39 is 11.7 Å². The fourth-order valence-electron chi connectivity index (χ4n) is 3.26. The first kappa shape index (κ1) is 21.6. The molecule has 2 aromatic rings. The molecule has 2 N–H and O–H groups in total. The Labute approximate surface area is 177 Å². The Morgan fingerprint density at radius 3 is 2.72 bits per heavy atom. The number of aryl methyl sites for hydroxylation is 1. The van der Waals surface area contributed by atoms with Crippen molar-refractivity contribution in [2.75, 3.05) is 0 Å². The fourth-order valence-corrected chi connectivity index (χ4v) is 3.80. The summed E-state index contributed by atoms with van der Waals surface area (Å²) in [6.45, 7) is 1.70. The summed E-state index contributed by atoms with van der Waals surface area (Å²) < 4.78 is 40.2. The molecule has 0 radical (unpaired) electrons. The van der Waals surface area contributed by atoms with Gasteiger partial charge in [0.2, 0.25) is 0 Å². The Morgan fingerprint density at radius 2 is 2.03 bits per heavy atom. The third kappa shape index (κ3) is 5.48. The number of alkyl halides is 3. The van der Waals surface area contributed by atoms with E-state index in [-0.39, 0.29) is 10.8 Å². The minimum atomic E-state index is -4.44. The van der Waals surface area contributed by atoms with Crippen LogP contribution >= 0.6 is 23.8 Å². The van der Waals surface area contributed by atoms with Crippen molar-refractivity contribution in [3.63, 3.8) is 0 Å². The number of halogens is 4. The van der Waals surface area contributed by atoms with Crippen molar-refractivity contribution in [3.05, 3.63) is 46.2 Å². The average Bonchev–Trinajstić information content (AvgIpc) is 2.96. The molecule has 0 saturated heterocycles. The van der Waals surface area contributed by atoms with E-state index in [0.717, 1.165) is 25.0 Å². The molecule has 1 aromatic heterocycles. The molecule has 0 unspecified atom stereocenters. The molecular formula is C19H21ClF3N5S. The maximum atomic E-state index is 13.0. The summed E-state index contributed by atoms with van der Waals surface area (Å²) >= 11 is 11.6. The van der Waals surface area contributed by atoms with Crippen LogP contribution in [0.1, 0.15) is 48.9 Å². The standard InChI is InChI=1S/C19H21ClF3N5S/c1-12-16(11-24-26-18(29)25-14-7-3-2-4-8-14)17(20)28(27-12)15-9-5-6-13(10-15)19(21,22)23/h5-6,9-11,14H,2-4,7-8H2,1H3,(H2,25,26,29). The molecule has 29 heavy (non-hydrogen) atoms. The van der Waals surface area contributed by atoms with Crippen molar-refractivity contribution < 1.29 is 13.2 Å². The highest BCUT2D eigenvalue weighted by Gasteiger charge is 2.30. The minimum absolute atomic E-state index is 0.165. The number of thiocarbonyl (C=S) groups is 1. The van der Waals surface area contributed by atoms with Gasteiger partial charge in [0.25, 0.3) is 0 Å². The minimum Gasteiger partial charge on any atom is -0.359 e. The molecule has 0 bridgehead atoms. The highest BCUT2D eigenvalue weighted by atomic mass is 35.5. The summed E-state index contributed by atoms with van der Waals surface area (Å²) in [7, 11) is 0. The molecule has 156 valence electrons. The first-order valence-corrected chi connectivity index (χ1v) is 10.1. The molecule has 5 nitrogen and oxygen atoms in total. The van der Waals surface area contributed by atoms with Crippen molar-refractivity contribution in [1.82, 2.24) is 20.5 Å². The number of hydrogen-bond acceptors (Lipinski definition) is 3.